The number of nitrogens with two attached hydrogens (primary N) is 1. The molecule has 0 radical (unpaired) electrons. The molecule has 1 heterocycles. The number of hydrogen-bond acceptors (Lipinski definition) is 4. The zero-order valence-corrected chi connectivity index (χ0v) is 9.75. The van der Waals surface area contributed by atoms with Gasteiger partial charge in [-0.05, 0) is 6.07 Å². The van der Waals surface area contributed by atoms with Crippen LogP contribution in [0, 0.1) is 0 Å². The van der Waals surface area contributed by atoms with Crippen LogP contribution in [0.25, 0.3) is 11.3 Å². The lowest BCUT2D eigenvalue weighted by Crippen LogP contribution is -2.36. The van der Waals surface area contributed by atoms with Crippen molar-refractivity contribution < 1.29 is 4.79 Å². The highest BCUT2D eigenvalue weighted by atomic mass is 16.2. The van der Waals surface area contributed by atoms with E-state index in [0.717, 1.165) is 10.2 Å². The molecule has 1 amide bonds. The zero-order valence-electron chi connectivity index (χ0n) is 9.75. The number of rotatable bonds is 2. The minimum Gasteiger partial charge on any atom is -0.290 e. The summed E-state index contributed by atoms with van der Waals surface area (Å²) >= 11 is 0. The van der Waals surface area contributed by atoms with Crippen LogP contribution < -0.4 is 16.8 Å². The van der Waals surface area contributed by atoms with E-state index >= 15 is 0 Å². The van der Waals surface area contributed by atoms with Crippen molar-refractivity contribution in [2.75, 3.05) is 0 Å². The first-order chi connectivity index (χ1) is 8.63. The third-order valence-electron chi connectivity index (χ3n) is 2.51. The fourth-order valence-electron chi connectivity index (χ4n) is 1.60. The number of aromatic nitrogens is 2. The van der Waals surface area contributed by atoms with Gasteiger partial charge in [-0.15, -0.1) is 0 Å². The molecule has 2 aromatic rings. The van der Waals surface area contributed by atoms with E-state index in [9.17, 15) is 9.59 Å². The molecule has 0 aliphatic heterocycles. The normalized spacial score (nSPS) is 10.1. The SMILES string of the molecule is Cn1nc(-c2ccccc2)cc(C(=O)NN)c1=O. The smallest absolute Gasteiger partial charge is 0.279 e. The maximum atomic E-state index is 11.7. The average molecular weight is 244 g/mol. The molecule has 2 rings (SSSR count). The summed E-state index contributed by atoms with van der Waals surface area (Å²) < 4.78 is 1.12. The second-order valence-electron chi connectivity index (χ2n) is 3.71. The molecular weight excluding hydrogens is 232 g/mol. The van der Waals surface area contributed by atoms with Crippen molar-refractivity contribution in [1.29, 1.82) is 0 Å². The van der Waals surface area contributed by atoms with Gasteiger partial charge in [0.25, 0.3) is 11.5 Å². The summed E-state index contributed by atoms with van der Waals surface area (Å²) in [5.41, 5.74) is 2.78. The second-order valence-corrected chi connectivity index (χ2v) is 3.71. The molecular formula is C12H12N4O2. The molecule has 0 saturated heterocycles. The Labute approximate surface area is 103 Å². The van der Waals surface area contributed by atoms with Gasteiger partial charge in [0.05, 0.1) is 5.69 Å². The molecule has 0 bridgehead atoms. The van der Waals surface area contributed by atoms with Crippen LogP contribution in [0.3, 0.4) is 0 Å². The Morgan fingerprint density at radius 1 is 1.33 bits per heavy atom. The average Bonchev–Trinajstić information content (AvgIpc) is 2.41. The van der Waals surface area contributed by atoms with Crippen LogP contribution in [0.2, 0.25) is 0 Å². The lowest BCUT2D eigenvalue weighted by atomic mass is 10.1. The maximum Gasteiger partial charge on any atom is 0.279 e. The van der Waals surface area contributed by atoms with Gasteiger partial charge in [0.1, 0.15) is 5.56 Å². The second kappa shape index (κ2) is 4.80. The Morgan fingerprint density at radius 3 is 2.61 bits per heavy atom. The molecule has 1 aromatic heterocycles. The van der Waals surface area contributed by atoms with E-state index < -0.39 is 11.5 Å². The number of aryl methyl sites for hydroxylation is 1. The third kappa shape index (κ3) is 2.14. The highest BCUT2D eigenvalue weighted by molar-refractivity contribution is 5.94. The first kappa shape index (κ1) is 12.0. The number of nitrogens with one attached hydrogen (secondary N) is 1. The largest absolute Gasteiger partial charge is 0.290 e. The van der Waals surface area contributed by atoms with Crippen LogP contribution in [0.4, 0.5) is 0 Å². The van der Waals surface area contributed by atoms with Crippen molar-refractivity contribution in [1.82, 2.24) is 15.2 Å². The number of amides is 1. The van der Waals surface area contributed by atoms with Crippen molar-refractivity contribution >= 4 is 5.91 Å². The quantitative estimate of drug-likeness (QED) is 0.444. The molecule has 1 aromatic carbocycles. The third-order valence-corrected chi connectivity index (χ3v) is 2.51. The summed E-state index contributed by atoms with van der Waals surface area (Å²) in [6, 6.07) is 10.7. The number of benzene rings is 1. The predicted octanol–water partition coefficient (Wildman–Crippen LogP) is 0.0508. The van der Waals surface area contributed by atoms with Gasteiger partial charge in [-0.3, -0.25) is 15.0 Å². The highest BCUT2D eigenvalue weighted by Crippen LogP contribution is 2.15. The van der Waals surface area contributed by atoms with Gasteiger partial charge in [0.15, 0.2) is 0 Å². The minimum absolute atomic E-state index is 0.0335. The number of nitrogen functional groups attached to an aromatic ring is 1. The predicted molar refractivity (Wildman–Crippen MR) is 66.6 cm³/mol. The molecule has 0 aliphatic rings. The molecule has 0 unspecified atom stereocenters. The van der Waals surface area contributed by atoms with Gasteiger partial charge in [-0.2, -0.15) is 5.10 Å². The summed E-state index contributed by atoms with van der Waals surface area (Å²) in [7, 11) is 1.49. The molecule has 92 valence electrons. The number of nitrogens with zero attached hydrogens (tertiary/aromatic N) is 2. The fraction of sp³-hybridized carbons (Fsp3) is 0.0833. The number of carbonyl (C=O) groups is 1. The Balaban J connectivity index is 2.62. The van der Waals surface area contributed by atoms with Gasteiger partial charge in [-0.25, -0.2) is 10.5 Å². The fourth-order valence-corrected chi connectivity index (χ4v) is 1.60. The standard InChI is InChI=1S/C12H12N4O2/c1-16-12(18)9(11(17)14-13)7-10(15-16)8-5-3-2-4-6-8/h2-7H,13H2,1H3,(H,14,17). The molecule has 0 spiro atoms. The summed E-state index contributed by atoms with van der Waals surface area (Å²) in [6.45, 7) is 0. The van der Waals surface area contributed by atoms with Crippen molar-refractivity contribution in [2.45, 2.75) is 0 Å². The van der Waals surface area contributed by atoms with Crippen LogP contribution in [0.15, 0.2) is 41.2 Å². The molecule has 0 atom stereocenters. The van der Waals surface area contributed by atoms with Crippen LogP contribution in [-0.2, 0) is 7.05 Å². The van der Waals surface area contributed by atoms with E-state index in [2.05, 4.69) is 5.10 Å². The lowest BCUT2D eigenvalue weighted by Gasteiger charge is -2.06. The molecule has 0 fully saturated rings. The van der Waals surface area contributed by atoms with Gasteiger partial charge in [-0.1, -0.05) is 30.3 Å². The van der Waals surface area contributed by atoms with Crippen LogP contribution in [0.5, 0.6) is 0 Å². The van der Waals surface area contributed by atoms with Gasteiger partial charge in [0.2, 0.25) is 0 Å². The number of carbonyl (C=O) groups excluding carboxylic acids is 1. The van der Waals surface area contributed by atoms with Gasteiger partial charge < -0.3 is 0 Å². The van der Waals surface area contributed by atoms with E-state index in [-0.39, 0.29) is 5.56 Å². The molecule has 6 heteroatoms. The monoisotopic (exact) mass is 244 g/mol. The topological polar surface area (TPSA) is 90.0 Å². The van der Waals surface area contributed by atoms with Crippen molar-refractivity contribution in [3.63, 3.8) is 0 Å². The Bertz CT molecular complexity index is 634. The Hall–Kier alpha value is -2.47. The first-order valence-electron chi connectivity index (χ1n) is 5.28. The first-order valence-corrected chi connectivity index (χ1v) is 5.28. The van der Waals surface area contributed by atoms with Crippen LogP contribution in [-0.4, -0.2) is 15.7 Å². The molecule has 3 N–H and O–H groups in total. The summed E-state index contributed by atoms with van der Waals surface area (Å²) in [4.78, 5) is 23.2. The Morgan fingerprint density at radius 2 is 2.00 bits per heavy atom. The van der Waals surface area contributed by atoms with Crippen LogP contribution >= 0.6 is 0 Å². The van der Waals surface area contributed by atoms with Crippen molar-refractivity contribution in [3.05, 3.63) is 52.3 Å². The molecule has 0 saturated carbocycles. The summed E-state index contributed by atoms with van der Waals surface area (Å²) in [5, 5.41) is 4.10. The van der Waals surface area contributed by atoms with Crippen LogP contribution in [0.1, 0.15) is 10.4 Å². The van der Waals surface area contributed by atoms with Crippen molar-refractivity contribution in [2.24, 2.45) is 12.9 Å². The number of hydrogen-bond donors (Lipinski definition) is 2. The lowest BCUT2D eigenvalue weighted by molar-refractivity contribution is 0.0951. The minimum atomic E-state index is -0.629. The van der Waals surface area contributed by atoms with E-state index in [0.29, 0.717) is 5.69 Å². The van der Waals surface area contributed by atoms with E-state index in [1.54, 1.807) is 0 Å². The van der Waals surface area contributed by atoms with Gasteiger partial charge in [0, 0.05) is 12.6 Å². The van der Waals surface area contributed by atoms with E-state index in [1.807, 2.05) is 35.8 Å². The molecule has 0 aliphatic carbocycles. The maximum absolute atomic E-state index is 11.7. The van der Waals surface area contributed by atoms with Crippen molar-refractivity contribution in [3.8, 4) is 11.3 Å². The molecule has 18 heavy (non-hydrogen) atoms. The van der Waals surface area contributed by atoms with E-state index in [4.69, 9.17) is 5.84 Å². The zero-order chi connectivity index (χ0) is 13.1. The summed E-state index contributed by atoms with van der Waals surface area (Å²) in [5.74, 6) is 4.41. The molecule has 6 nitrogen and oxygen atoms in total. The number of hydrazine groups is 1. The summed E-state index contributed by atoms with van der Waals surface area (Å²) in [6.07, 6.45) is 0. The highest BCUT2D eigenvalue weighted by Gasteiger charge is 2.13. The van der Waals surface area contributed by atoms with E-state index in [1.165, 1.54) is 13.1 Å². The Kier molecular flexibility index (Phi) is 3.20. The van der Waals surface area contributed by atoms with Gasteiger partial charge >= 0.3 is 0 Å².